The number of halogens is 1. The largest absolute Gasteiger partial charge is 0.370 e. The smallest absolute Gasteiger partial charge is 0.217 e. The van der Waals surface area contributed by atoms with Crippen molar-refractivity contribution in [2.75, 3.05) is 0 Å². The summed E-state index contributed by atoms with van der Waals surface area (Å²) in [5, 5.41) is 0. The summed E-state index contributed by atoms with van der Waals surface area (Å²) in [6.45, 7) is 7.52. The number of amides is 1. The average molecular weight is 324 g/mol. The van der Waals surface area contributed by atoms with Crippen LogP contribution in [0.3, 0.4) is 0 Å². The average Bonchev–Trinajstić information content (AvgIpc) is 2.94. The molecule has 0 saturated carbocycles. The number of nitrogens with zero attached hydrogens (tertiary/aromatic N) is 1. The predicted molar refractivity (Wildman–Crippen MR) is 87.7 cm³/mol. The fourth-order valence-electron chi connectivity index (χ4n) is 3.26. The summed E-state index contributed by atoms with van der Waals surface area (Å²) in [5.74, 6) is -0.668. The highest BCUT2D eigenvalue weighted by atomic mass is 19.1. The highest BCUT2D eigenvalue weighted by Gasteiger charge is 2.41. The van der Waals surface area contributed by atoms with Crippen LogP contribution in [0.2, 0.25) is 0 Å². The van der Waals surface area contributed by atoms with E-state index < -0.39 is 5.60 Å². The Hall–Kier alpha value is -2.71. The summed E-state index contributed by atoms with van der Waals surface area (Å²) in [6.07, 6.45) is 1.39. The molecule has 1 unspecified atom stereocenters. The normalized spacial score (nSPS) is 18.8. The summed E-state index contributed by atoms with van der Waals surface area (Å²) >= 11 is 0. The third kappa shape index (κ3) is 2.89. The molecule has 3 rings (SSSR count). The van der Waals surface area contributed by atoms with E-state index >= 15 is 0 Å². The number of carbonyl (C=O) groups excluding carboxylic acids is 1. The number of nitrogens with two attached hydrogens (primary N) is 1. The molecule has 5 heteroatoms. The van der Waals surface area contributed by atoms with Crippen LogP contribution in [-0.4, -0.2) is 5.91 Å². The molecule has 2 N–H and O–H groups in total. The van der Waals surface area contributed by atoms with E-state index in [1.165, 1.54) is 12.1 Å². The lowest BCUT2D eigenvalue weighted by atomic mass is 9.81. The maximum Gasteiger partial charge on any atom is 0.217 e. The van der Waals surface area contributed by atoms with E-state index in [1.54, 1.807) is 18.2 Å². The minimum absolute atomic E-state index is 0.266. The first kappa shape index (κ1) is 16.2. The van der Waals surface area contributed by atoms with Gasteiger partial charge in [0.2, 0.25) is 5.91 Å². The maximum atomic E-state index is 13.3. The van der Waals surface area contributed by atoms with Gasteiger partial charge in [-0.25, -0.2) is 9.24 Å². The van der Waals surface area contributed by atoms with Gasteiger partial charge in [0.25, 0.3) is 0 Å². The molecule has 24 heavy (non-hydrogen) atoms. The molecule has 0 spiro atoms. The fraction of sp³-hybridized carbons (Fsp3) is 0.263. The van der Waals surface area contributed by atoms with E-state index in [1.807, 2.05) is 12.1 Å². The van der Waals surface area contributed by atoms with E-state index in [0.29, 0.717) is 25.1 Å². The molecule has 0 saturated heterocycles. The van der Waals surface area contributed by atoms with Crippen molar-refractivity contribution in [2.24, 2.45) is 5.73 Å². The predicted octanol–water partition coefficient (Wildman–Crippen LogP) is 3.81. The summed E-state index contributed by atoms with van der Waals surface area (Å²) in [5.41, 5.74) is 7.82. The van der Waals surface area contributed by atoms with Gasteiger partial charge in [0, 0.05) is 6.42 Å². The topological polar surface area (TPSA) is 56.7 Å². The first-order valence-electron chi connectivity index (χ1n) is 7.74. The van der Waals surface area contributed by atoms with Crippen LogP contribution in [0.4, 0.5) is 10.1 Å². The number of ether oxygens (including phenoxy) is 1. The molecule has 1 amide bonds. The van der Waals surface area contributed by atoms with E-state index in [9.17, 15) is 9.18 Å². The quantitative estimate of drug-likeness (QED) is 0.850. The molecule has 0 fully saturated rings. The van der Waals surface area contributed by atoms with E-state index in [-0.39, 0.29) is 18.1 Å². The number of primary amides is 1. The molecule has 1 atom stereocenters. The molecule has 4 nitrogen and oxygen atoms in total. The van der Waals surface area contributed by atoms with Gasteiger partial charge < -0.3 is 10.5 Å². The van der Waals surface area contributed by atoms with E-state index in [4.69, 9.17) is 17.0 Å². The Kier molecular flexibility index (Phi) is 4.32. The minimum atomic E-state index is -0.737. The van der Waals surface area contributed by atoms with Crippen molar-refractivity contribution < 1.29 is 13.9 Å². The summed E-state index contributed by atoms with van der Waals surface area (Å²) in [4.78, 5) is 14.5. The van der Waals surface area contributed by atoms with Gasteiger partial charge in [0.05, 0.1) is 13.2 Å². The molecule has 1 heterocycles. The van der Waals surface area contributed by atoms with E-state index in [0.717, 1.165) is 16.7 Å². The molecule has 0 radical (unpaired) electrons. The van der Waals surface area contributed by atoms with Crippen molar-refractivity contribution in [3.63, 3.8) is 0 Å². The molecule has 2 aromatic carbocycles. The Morgan fingerprint density at radius 1 is 1.29 bits per heavy atom. The summed E-state index contributed by atoms with van der Waals surface area (Å²) < 4.78 is 19.5. The van der Waals surface area contributed by atoms with Crippen LogP contribution in [-0.2, 0) is 21.7 Å². The fourth-order valence-corrected chi connectivity index (χ4v) is 3.26. The van der Waals surface area contributed by atoms with Crippen LogP contribution in [0.1, 0.15) is 36.0 Å². The van der Waals surface area contributed by atoms with Crippen LogP contribution in [0.5, 0.6) is 0 Å². The van der Waals surface area contributed by atoms with Gasteiger partial charge in [-0.05, 0) is 41.7 Å². The van der Waals surface area contributed by atoms with Crippen LogP contribution in [0.15, 0.2) is 42.5 Å². The summed E-state index contributed by atoms with van der Waals surface area (Å²) in [6, 6.07) is 11.7. The Morgan fingerprint density at radius 2 is 2.04 bits per heavy atom. The molecule has 122 valence electrons. The van der Waals surface area contributed by atoms with Gasteiger partial charge >= 0.3 is 0 Å². The van der Waals surface area contributed by atoms with Gasteiger partial charge in [-0.15, -0.1) is 0 Å². The van der Waals surface area contributed by atoms with Crippen molar-refractivity contribution in [3.8, 4) is 0 Å². The van der Waals surface area contributed by atoms with Crippen LogP contribution in [0, 0.1) is 12.4 Å². The zero-order chi connectivity index (χ0) is 17.2. The van der Waals surface area contributed by atoms with Crippen LogP contribution >= 0.6 is 0 Å². The molecular formula is C19H17FN2O2. The van der Waals surface area contributed by atoms with Gasteiger partial charge in [-0.1, -0.05) is 30.3 Å². The van der Waals surface area contributed by atoms with Crippen molar-refractivity contribution in [1.82, 2.24) is 0 Å². The molecular weight excluding hydrogens is 307 g/mol. The molecule has 1 aliphatic heterocycles. The van der Waals surface area contributed by atoms with Crippen molar-refractivity contribution in [3.05, 3.63) is 76.4 Å². The van der Waals surface area contributed by atoms with Crippen molar-refractivity contribution in [2.45, 2.75) is 31.5 Å². The van der Waals surface area contributed by atoms with Gasteiger partial charge in [-0.3, -0.25) is 4.79 Å². The number of rotatable bonds is 5. The van der Waals surface area contributed by atoms with E-state index in [2.05, 4.69) is 4.85 Å². The highest BCUT2D eigenvalue weighted by molar-refractivity contribution is 5.73. The number of benzene rings is 2. The van der Waals surface area contributed by atoms with Gasteiger partial charge in [0.15, 0.2) is 5.69 Å². The first-order chi connectivity index (χ1) is 11.5. The zero-order valence-corrected chi connectivity index (χ0v) is 13.1. The third-order valence-electron chi connectivity index (χ3n) is 4.39. The summed E-state index contributed by atoms with van der Waals surface area (Å²) in [7, 11) is 0. The Balaban J connectivity index is 2.03. The molecule has 0 aromatic heterocycles. The SMILES string of the molecule is [C-]#[N+]c1ccc2c(c1)COC2(CCCC(N)=O)c1ccc(F)cc1. The Bertz CT molecular complexity index is 811. The number of fused-ring (bicyclic) bond motifs is 1. The lowest BCUT2D eigenvalue weighted by molar-refractivity contribution is -0.118. The second-order valence-electron chi connectivity index (χ2n) is 5.90. The lowest BCUT2D eigenvalue weighted by Gasteiger charge is -2.30. The molecule has 0 aliphatic carbocycles. The van der Waals surface area contributed by atoms with Crippen molar-refractivity contribution >= 4 is 11.6 Å². The van der Waals surface area contributed by atoms with Crippen molar-refractivity contribution in [1.29, 1.82) is 0 Å². The highest BCUT2D eigenvalue weighted by Crippen LogP contribution is 2.46. The molecule has 1 aliphatic rings. The monoisotopic (exact) mass is 324 g/mol. The minimum Gasteiger partial charge on any atom is -0.370 e. The standard InChI is InChI=1S/C19H17FN2O2/c1-22-16-8-9-17-13(11-16)12-24-19(17,10-2-3-18(21)23)14-4-6-15(20)7-5-14/h4-9,11H,2-3,10,12H2,(H2,21,23). The molecule has 2 aromatic rings. The second-order valence-corrected chi connectivity index (χ2v) is 5.90. The van der Waals surface area contributed by atoms with Crippen LogP contribution in [0.25, 0.3) is 4.85 Å². The number of hydrogen-bond donors (Lipinski definition) is 1. The molecule has 0 bridgehead atoms. The zero-order valence-electron chi connectivity index (χ0n) is 13.1. The second kappa shape index (κ2) is 6.42. The first-order valence-corrected chi connectivity index (χ1v) is 7.74. The third-order valence-corrected chi connectivity index (χ3v) is 4.39. The van der Waals surface area contributed by atoms with Gasteiger partial charge in [0.1, 0.15) is 11.4 Å². The van der Waals surface area contributed by atoms with Crippen LogP contribution < -0.4 is 5.73 Å². The lowest BCUT2D eigenvalue weighted by Crippen LogP contribution is -2.27. The van der Waals surface area contributed by atoms with Gasteiger partial charge in [-0.2, -0.15) is 0 Å². The Labute approximate surface area is 139 Å². The number of hydrogen-bond acceptors (Lipinski definition) is 2. The number of carbonyl (C=O) groups is 1. The Morgan fingerprint density at radius 3 is 2.71 bits per heavy atom. The maximum absolute atomic E-state index is 13.3.